The number of rotatable bonds is 12. The third kappa shape index (κ3) is 7.63. The number of allylic oxidation sites excluding steroid dienone is 1. The van der Waals surface area contributed by atoms with Crippen molar-refractivity contribution in [3.05, 3.63) is 79.8 Å². The molecule has 56 heavy (non-hydrogen) atoms. The van der Waals surface area contributed by atoms with E-state index in [0.717, 1.165) is 69.2 Å². The number of ether oxygens (including phenoxy) is 2. The summed E-state index contributed by atoms with van der Waals surface area (Å²) in [5.41, 5.74) is 9.67. The number of aromatic amines is 2. The largest absolute Gasteiger partial charge is 0.512 e. The Morgan fingerprint density at radius 3 is 2.27 bits per heavy atom. The van der Waals surface area contributed by atoms with E-state index in [0.29, 0.717) is 34.3 Å². The maximum Gasteiger partial charge on any atom is 0.321 e. The van der Waals surface area contributed by atoms with Gasteiger partial charge in [0.25, 0.3) is 0 Å². The van der Waals surface area contributed by atoms with Crippen molar-refractivity contribution in [3.8, 4) is 0 Å². The van der Waals surface area contributed by atoms with Crippen molar-refractivity contribution >= 4 is 45.5 Å². The lowest BCUT2D eigenvalue weighted by Gasteiger charge is -2.19. The summed E-state index contributed by atoms with van der Waals surface area (Å²) in [6.07, 6.45) is 7.93. The van der Waals surface area contributed by atoms with Gasteiger partial charge in [0.1, 0.15) is 18.3 Å². The number of methoxy groups -OCH3 is 1. The summed E-state index contributed by atoms with van der Waals surface area (Å²) in [4.78, 5) is 44.4. The van der Waals surface area contributed by atoms with Crippen LogP contribution in [0.25, 0.3) is 33.6 Å². The highest BCUT2D eigenvalue weighted by molar-refractivity contribution is 5.96. The Bertz CT molecular complexity index is 2350. The van der Waals surface area contributed by atoms with Crippen LogP contribution in [0.5, 0.6) is 0 Å². The number of nitrogens with zero attached hydrogens (tertiary/aromatic N) is 2. The van der Waals surface area contributed by atoms with E-state index in [1.165, 1.54) is 25.5 Å². The second kappa shape index (κ2) is 16.7. The van der Waals surface area contributed by atoms with Gasteiger partial charge in [0.15, 0.2) is 0 Å². The van der Waals surface area contributed by atoms with Gasteiger partial charge < -0.3 is 29.7 Å². The number of aliphatic hydroxyl groups is 2. The minimum absolute atomic E-state index is 0.0774. The van der Waals surface area contributed by atoms with E-state index in [1.54, 1.807) is 6.92 Å². The molecule has 0 radical (unpaired) electrons. The molecular formula is C46H60N4O6. The summed E-state index contributed by atoms with van der Waals surface area (Å²) in [6.45, 7) is 18.8. The summed E-state index contributed by atoms with van der Waals surface area (Å²) >= 11 is 0. The molecule has 2 aliphatic heterocycles. The SMILES string of the molecule is CC[C@@H](C)CCC/C(C)=C/COC(=O)CC[C@@H]1c2nc(cc3[nH]c(cc4nc(cc5[nH]c6c2[C@@H](C(=O)OC)C(O)=c6c5C)[C@H](CC)[C@H]4C)c(=C(C)O)c3C)[C@H]1C. The maximum absolute atomic E-state index is 13.6. The van der Waals surface area contributed by atoms with Crippen LogP contribution in [0, 0.1) is 19.8 Å². The van der Waals surface area contributed by atoms with Gasteiger partial charge in [0, 0.05) is 74.2 Å². The first-order chi connectivity index (χ1) is 26.7. The summed E-state index contributed by atoms with van der Waals surface area (Å²) in [7, 11) is 1.32. The molecule has 10 nitrogen and oxygen atoms in total. The van der Waals surface area contributed by atoms with Crippen molar-refractivity contribution in [2.45, 2.75) is 137 Å². The third-order valence-electron chi connectivity index (χ3n) is 12.8. The molecule has 3 aromatic heterocycles. The second-order valence-corrected chi connectivity index (χ2v) is 16.4. The highest BCUT2D eigenvalue weighted by Gasteiger charge is 2.41. The Morgan fingerprint density at radius 1 is 0.929 bits per heavy atom. The molecule has 3 aliphatic rings. The number of hydrogen-bond donors (Lipinski definition) is 4. The van der Waals surface area contributed by atoms with Gasteiger partial charge >= 0.3 is 11.9 Å². The lowest BCUT2D eigenvalue weighted by molar-refractivity contribution is -0.143. The fourth-order valence-corrected chi connectivity index (χ4v) is 9.03. The molecule has 10 heteroatoms. The normalized spacial score (nSPS) is 21.6. The molecule has 0 aromatic carbocycles. The number of hydrogen-bond acceptors (Lipinski definition) is 8. The predicted molar refractivity (Wildman–Crippen MR) is 222 cm³/mol. The molecule has 8 bridgehead atoms. The van der Waals surface area contributed by atoms with Crippen LogP contribution < -0.4 is 10.4 Å². The molecule has 6 atom stereocenters. The fourth-order valence-electron chi connectivity index (χ4n) is 9.03. The summed E-state index contributed by atoms with van der Waals surface area (Å²) < 4.78 is 11.0. The first kappa shape index (κ1) is 40.8. The van der Waals surface area contributed by atoms with Crippen molar-refractivity contribution in [3.63, 3.8) is 0 Å². The Balaban J connectivity index is 1.50. The predicted octanol–water partition coefficient (Wildman–Crippen LogP) is 9.22. The van der Waals surface area contributed by atoms with Crippen LogP contribution in [-0.2, 0) is 19.1 Å². The molecule has 0 fully saturated rings. The van der Waals surface area contributed by atoms with E-state index in [9.17, 15) is 19.8 Å². The number of nitrogens with one attached hydrogen (secondary N) is 2. The number of carbonyl (C=O) groups excluding carboxylic acids is 2. The molecule has 0 amide bonds. The Hall–Kier alpha value is -4.86. The van der Waals surface area contributed by atoms with E-state index < -0.39 is 11.9 Å². The van der Waals surface area contributed by atoms with Crippen LogP contribution in [0.4, 0.5) is 0 Å². The van der Waals surface area contributed by atoms with Gasteiger partial charge in [-0.2, -0.15) is 0 Å². The van der Waals surface area contributed by atoms with Crippen LogP contribution in [0.1, 0.15) is 162 Å². The van der Waals surface area contributed by atoms with Crippen molar-refractivity contribution in [2.24, 2.45) is 5.92 Å². The van der Waals surface area contributed by atoms with E-state index in [-0.39, 0.29) is 54.2 Å². The molecule has 6 rings (SSSR count). The van der Waals surface area contributed by atoms with E-state index in [2.05, 4.69) is 57.6 Å². The average molecular weight is 765 g/mol. The minimum atomic E-state index is -1.08. The van der Waals surface area contributed by atoms with Crippen molar-refractivity contribution in [2.75, 3.05) is 13.7 Å². The zero-order chi connectivity index (χ0) is 40.6. The maximum atomic E-state index is 13.6. The Morgan fingerprint density at radius 2 is 1.59 bits per heavy atom. The van der Waals surface area contributed by atoms with Crippen molar-refractivity contribution in [1.82, 2.24) is 19.9 Å². The van der Waals surface area contributed by atoms with E-state index in [1.807, 2.05) is 32.1 Å². The molecule has 3 aromatic rings. The number of esters is 2. The number of fused-ring (bicyclic) bond motifs is 8. The number of aliphatic hydroxyl groups excluding tert-OH is 2. The van der Waals surface area contributed by atoms with Crippen LogP contribution in [0.2, 0.25) is 0 Å². The Labute approximate surface area is 330 Å². The number of aryl methyl sites for hydroxylation is 2. The van der Waals surface area contributed by atoms with Crippen molar-refractivity contribution < 1.29 is 29.3 Å². The first-order valence-electron chi connectivity index (χ1n) is 20.5. The molecule has 0 saturated carbocycles. The summed E-state index contributed by atoms with van der Waals surface area (Å²) in [5, 5.41) is 24.1. The van der Waals surface area contributed by atoms with Crippen LogP contribution in [0.3, 0.4) is 0 Å². The van der Waals surface area contributed by atoms with E-state index >= 15 is 0 Å². The van der Waals surface area contributed by atoms with Gasteiger partial charge in [-0.05, 0) is 94.7 Å². The smallest absolute Gasteiger partial charge is 0.321 e. The van der Waals surface area contributed by atoms with Gasteiger partial charge in [-0.1, -0.05) is 53.0 Å². The van der Waals surface area contributed by atoms with Gasteiger partial charge in [-0.3, -0.25) is 19.6 Å². The van der Waals surface area contributed by atoms with Crippen LogP contribution >= 0.6 is 0 Å². The monoisotopic (exact) mass is 764 g/mol. The fraction of sp³-hybridized carbons (Fsp3) is 0.522. The number of aromatic nitrogens is 4. The van der Waals surface area contributed by atoms with Gasteiger partial charge in [0.05, 0.1) is 29.6 Å². The topological polar surface area (TPSA) is 150 Å². The lowest BCUT2D eigenvalue weighted by Crippen LogP contribution is -2.18. The molecule has 1 aliphatic carbocycles. The molecule has 5 heterocycles. The number of carbonyl (C=O) groups is 2. The van der Waals surface area contributed by atoms with Gasteiger partial charge in [0.2, 0.25) is 0 Å². The van der Waals surface area contributed by atoms with Crippen LogP contribution in [0.15, 0.2) is 29.8 Å². The zero-order valence-corrected chi connectivity index (χ0v) is 34.9. The first-order valence-corrected chi connectivity index (χ1v) is 20.5. The minimum Gasteiger partial charge on any atom is -0.512 e. The number of H-pyrrole nitrogens is 2. The van der Waals surface area contributed by atoms with E-state index in [4.69, 9.17) is 19.4 Å². The molecular weight excluding hydrogens is 705 g/mol. The highest BCUT2D eigenvalue weighted by Crippen LogP contribution is 2.46. The third-order valence-corrected chi connectivity index (χ3v) is 12.8. The molecule has 0 spiro atoms. The second-order valence-electron chi connectivity index (χ2n) is 16.4. The zero-order valence-electron chi connectivity index (χ0n) is 34.9. The molecule has 300 valence electrons. The standard InChI is InChI=1S/C46H60N4O6/c1-11-23(3)14-13-15-24(4)18-19-56-38(52)17-16-31-26(6)33-20-34-27(7)39(29(9)51)37(48-34)22-32-25(5)30(12-2)36(47-32)21-35-28(8)40-44(50-35)41(43(31)49-33)42(45(40)53)46(54)55-10/h18,20-23,25-26,30-31,42,48,50-51,53H,11-17,19H2,1-10H3/b24-18+,33-20?,36-21?,37-22?,39-29?/t23-,25-,26+,30-,31+,42-/m1/s1. The highest BCUT2D eigenvalue weighted by atomic mass is 16.5. The molecule has 0 saturated heterocycles. The quantitative estimate of drug-likeness (QED) is 0.105. The van der Waals surface area contributed by atoms with Gasteiger partial charge in [-0.15, -0.1) is 0 Å². The lowest BCUT2D eigenvalue weighted by atomic mass is 9.84. The average Bonchev–Trinajstić information content (AvgIpc) is 3.90. The van der Waals surface area contributed by atoms with Crippen LogP contribution in [-0.4, -0.2) is 55.8 Å². The van der Waals surface area contributed by atoms with Crippen molar-refractivity contribution in [1.29, 1.82) is 0 Å². The summed E-state index contributed by atoms with van der Waals surface area (Å²) in [5.74, 6) is -1.31. The Kier molecular flexibility index (Phi) is 12.2. The summed E-state index contributed by atoms with van der Waals surface area (Å²) in [6, 6.07) is 6.10. The molecule has 0 unspecified atom stereocenters. The van der Waals surface area contributed by atoms with Gasteiger partial charge in [-0.25, -0.2) is 0 Å². The molecule has 4 N–H and O–H groups in total.